The average molecular weight is 226 g/mol. The zero-order chi connectivity index (χ0) is 11.8. The molecule has 1 aromatic heterocycles. The minimum Gasteiger partial charge on any atom is -0.369 e. The van der Waals surface area contributed by atoms with Crippen LogP contribution in [0.2, 0.25) is 0 Å². The van der Waals surface area contributed by atoms with Crippen molar-refractivity contribution in [1.82, 2.24) is 24.9 Å². The third-order valence-corrected chi connectivity index (χ3v) is 2.46. The van der Waals surface area contributed by atoms with Crippen LogP contribution in [0.25, 0.3) is 22.9 Å². The third-order valence-electron chi connectivity index (χ3n) is 2.46. The number of rotatable bonds is 1. The van der Waals surface area contributed by atoms with Crippen molar-refractivity contribution < 1.29 is 0 Å². The highest BCUT2D eigenvalue weighted by Crippen LogP contribution is 2.27. The Labute approximate surface area is 97.3 Å². The molecular formula is C11H10N6. The topological polar surface area (TPSA) is 93.4 Å². The van der Waals surface area contributed by atoms with Crippen molar-refractivity contribution >= 4 is 5.95 Å². The number of pyridine rings is 1. The fraction of sp³-hybridized carbons (Fsp3) is 0.0909. The second-order valence-electron chi connectivity index (χ2n) is 3.76. The summed E-state index contributed by atoms with van der Waals surface area (Å²) in [6, 6.07) is 3.89. The summed E-state index contributed by atoms with van der Waals surface area (Å²) < 4.78 is 0. The minimum absolute atomic E-state index is 0.301. The molecule has 0 unspecified atom stereocenters. The first-order chi connectivity index (χ1) is 8.24. The van der Waals surface area contributed by atoms with Crippen molar-refractivity contribution in [2.24, 2.45) is 0 Å². The Morgan fingerprint density at radius 1 is 1.18 bits per heavy atom. The van der Waals surface area contributed by atoms with Crippen molar-refractivity contribution in [2.45, 2.75) is 6.92 Å². The molecule has 0 bridgehead atoms. The molecule has 0 amide bonds. The van der Waals surface area contributed by atoms with Crippen LogP contribution in [0.15, 0.2) is 24.7 Å². The molecule has 3 rings (SSSR count). The lowest BCUT2D eigenvalue weighted by molar-refractivity contribution is 1.13. The smallest absolute Gasteiger partial charge is 0.200 e. The number of nitrogens with two attached hydrogens (primary N) is 1. The molecule has 2 aliphatic rings. The number of H-pyrrole nitrogens is 1. The van der Waals surface area contributed by atoms with Crippen LogP contribution in [0.1, 0.15) is 5.56 Å². The molecule has 3 N–H and O–H groups in total. The maximum Gasteiger partial charge on any atom is 0.200 e. The second kappa shape index (κ2) is 3.51. The van der Waals surface area contributed by atoms with Gasteiger partial charge in [-0.1, -0.05) is 6.07 Å². The van der Waals surface area contributed by atoms with Crippen LogP contribution in [0.4, 0.5) is 5.95 Å². The van der Waals surface area contributed by atoms with Crippen LogP contribution in [-0.4, -0.2) is 24.9 Å². The Kier molecular flexibility index (Phi) is 2.01. The summed E-state index contributed by atoms with van der Waals surface area (Å²) in [6.07, 6.45) is 3.25. The van der Waals surface area contributed by atoms with Crippen LogP contribution in [0, 0.1) is 6.92 Å². The SMILES string of the molecule is Cc1ccc(-c2[nH]c(N)nc3ncnc2-3)nc1. The van der Waals surface area contributed by atoms with Gasteiger partial charge in [-0.3, -0.25) is 4.98 Å². The monoisotopic (exact) mass is 226 g/mol. The summed E-state index contributed by atoms with van der Waals surface area (Å²) in [5.74, 6) is 0.828. The summed E-state index contributed by atoms with van der Waals surface area (Å²) in [6.45, 7) is 1.99. The Hall–Kier alpha value is -2.50. The van der Waals surface area contributed by atoms with E-state index in [1.54, 1.807) is 6.20 Å². The molecule has 0 radical (unpaired) electrons. The molecule has 0 aliphatic carbocycles. The molecule has 0 saturated heterocycles. The van der Waals surface area contributed by atoms with Crippen LogP contribution >= 0.6 is 0 Å². The van der Waals surface area contributed by atoms with E-state index in [0.717, 1.165) is 17.0 Å². The fourth-order valence-electron chi connectivity index (χ4n) is 1.65. The highest BCUT2D eigenvalue weighted by atomic mass is 15.1. The summed E-state index contributed by atoms with van der Waals surface area (Å²) in [7, 11) is 0. The van der Waals surface area contributed by atoms with E-state index in [-0.39, 0.29) is 0 Å². The van der Waals surface area contributed by atoms with E-state index in [1.165, 1.54) is 6.33 Å². The molecule has 0 fully saturated rings. The minimum atomic E-state index is 0.301. The zero-order valence-electron chi connectivity index (χ0n) is 9.18. The van der Waals surface area contributed by atoms with Crippen molar-refractivity contribution in [3.63, 3.8) is 0 Å². The predicted octanol–water partition coefficient (Wildman–Crippen LogP) is 1.26. The number of nitrogens with zero attached hydrogens (tertiary/aromatic N) is 4. The Bertz CT molecular complexity index is 627. The maximum atomic E-state index is 5.69. The van der Waals surface area contributed by atoms with Crippen LogP contribution < -0.4 is 5.73 Å². The average Bonchev–Trinajstić information content (AvgIpc) is 2.77. The number of fused-ring (bicyclic) bond motifs is 1. The Morgan fingerprint density at radius 3 is 2.82 bits per heavy atom. The summed E-state index contributed by atoms with van der Waals surface area (Å²) in [4.78, 5) is 19.6. The number of aromatic nitrogens is 5. The number of nitrogen functional groups attached to an aromatic ring is 1. The van der Waals surface area contributed by atoms with Gasteiger partial charge >= 0.3 is 0 Å². The van der Waals surface area contributed by atoms with Crippen molar-refractivity contribution in [2.75, 3.05) is 5.73 Å². The highest BCUT2D eigenvalue weighted by molar-refractivity contribution is 5.74. The normalized spacial score (nSPS) is 10.9. The van der Waals surface area contributed by atoms with Gasteiger partial charge in [-0.05, 0) is 18.6 Å². The highest BCUT2D eigenvalue weighted by Gasteiger charge is 2.16. The van der Waals surface area contributed by atoms with E-state index in [4.69, 9.17) is 5.73 Å². The lowest BCUT2D eigenvalue weighted by atomic mass is 10.2. The number of aryl methyl sites for hydroxylation is 1. The third kappa shape index (κ3) is 1.59. The van der Waals surface area contributed by atoms with E-state index >= 15 is 0 Å². The molecule has 3 heterocycles. The molecule has 2 aliphatic heterocycles. The van der Waals surface area contributed by atoms with Gasteiger partial charge in [0.1, 0.15) is 12.0 Å². The number of hydrogen-bond donors (Lipinski definition) is 2. The van der Waals surface area contributed by atoms with E-state index < -0.39 is 0 Å². The molecule has 6 heteroatoms. The van der Waals surface area contributed by atoms with E-state index in [2.05, 4.69) is 24.9 Å². The van der Waals surface area contributed by atoms with Gasteiger partial charge in [0.15, 0.2) is 11.8 Å². The number of nitrogens with one attached hydrogen (secondary N) is 1. The largest absolute Gasteiger partial charge is 0.369 e. The van der Waals surface area contributed by atoms with Crippen LogP contribution in [-0.2, 0) is 0 Å². The predicted molar refractivity (Wildman–Crippen MR) is 63.2 cm³/mol. The van der Waals surface area contributed by atoms with Crippen molar-refractivity contribution in [1.29, 1.82) is 0 Å². The molecule has 0 atom stereocenters. The summed E-state index contributed by atoms with van der Waals surface area (Å²) in [5.41, 5.74) is 8.98. The molecular weight excluding hydrogens is 216 g/mol. The quantitative estimate of drug-likeness (QED) is 0.651. The van der Waals surface area contributed by atoms with Crippen LogP contribution in [0.3, 0.4) is 0 Å². The van der Waals surface area contributed by atoms with Gasteiger partial charge < -0.3 is 10.7 Å². The maximum absolute atomic E-state index is 5.69. The fourth-order valence-corrected chi connectivity index (χ4v) is 1.65. The van der Waals surface area contributed by atoms with E-state index in [1.807, 2.05) is 19.1 Å². The Morgan fingerprint density at radius 2 is 2.06 bits per heavy atom. The van der Waals surface area contributed by atoms with Gasteiger partial charge in [0.2, 0.25) is 0 Å². The molecule has 0 aromatic carbocycles. The first kappa shape index (κ1) is 9.71. The summed E-state index contributed by atoms with van der Waals surface area (Å²) >= 11 is 0. The standard InChI is InChI=1S/C11H10N6/c1-6-2-3-7(13-4-6)8-9-10(15-5-14-9)17-11(12)16-8/h2-5H,1H3,(H3,12,14,15,16,17). The molecule has 84 valence electrons. The first-order valence-corrected chi connectivity index (χ1v) is 5.13. The number of anilines is 1. The number of imidazole rings is 1. The van der Waals surface area contributed by atoms with Crippen LogP contribution in [0.5, 0.6) is 0 Å². The van der Waals surface area contributed by atoms with Gasteiger partial charge in [0.25, 0.3) is 0 Å². The summed E-state index contributed by atoms with van der Waals surface area (Å²) in [5, 5.41) is 0. The van der Waals surface area contributed by atoms with E-state index in [0.29, 0.717) is 17.5 Å². The van der Waals surface area contributed by atoms with Crippen molar-refractivity contribution in [3.8, 4) is 22.9 Å². The molecule has 0 spiro atoms. The van der Waals surface area contributed by atoms with Gasteiger partial charge in [-0.15, -0.1) is 0 Å². The molecule has 17 heavy (non-hydrogen) atoms. The lowest BCUT2D eigenvalue weighted by Gasteiger charge is -2.06. The van der Waals surface area contributed by atoms with Gasteiger partial charge in [-0.2, -0.15) is 4.98 Å². The van der Waals surface area contributed by atoms with Gasteiger partial charge in [0.05, 0.1) is 11.4 Å². The zero-order valence-corrected chi connectivity index (χ0v) is 9.18. The molecule has 6 nitrogen and oxygen atoms in total. The van der Waals surface area contributed by atoms with Gasteiger partial charge in [0, 0.05) is 6.20 Å². The van der Waals surface area contributed by atoms with Gasteiger partial charge in [-0.25, -0.2) is 9.97 Å². The lowest BCUT2D eigenvalue weighted by Crippen LogP contribution is -2.02. The Balaban J connectivity index is 2.23. The molecule has 1 aromatic rings. The number of hydrogen-bond acceptors (Lipinski definition) is 5. The van der Waals surface area contributed by atoms with E-state index in [9.17, 15) is 0 Å². The first-order valence-electron chi connectivity index (χ1n) is 5.13. The second-order valence-corrected chi connectivity index (χ2v) is 3.76. The van der Waals surface area contributed by atoms with Crippen molar-refractivity contribution in [3.05, 3.63) is 30.2 Å². The molecule has 0 saturated carbocycles. The number of aromatic amines is 1.